The monoisotopic (exact) mass is 296 g/mol. The summed E-state index contributed by atoms with van der Waals surface area (Å²) < 4.78 is 4.75. The first-order valence-electron chi connectivity index (χ1n) is 7.12. The zero-order valence-corrected chi connectivity index (χ0v) is 12.9. The highest BCUT2D eigenvalue weighted by Gasteiger charge is 2.19. The van der Waals surface area contributed by atoms with E-state index in [0.29, 0.717) is 6.54 Å². The number of nitrogens with zero attached hydrogens (tertiary/aromatic N) is 1. The normalized spacial score (nSPS) is 11.7. The maximum Gasteiger partial charge on any atom is 0.307 e. The first-order chi connectivity index (χ1) is 10.6. The molecule has 0 aromatic heterocycles. The molecule has 0 aliphatic rings. The van der Waals surface area contributed by atoms with Crippen molar-refractivity contribution < 1.29 is 9.53 Å². The van der Waals surface area contributed by atoms with E-state index in [9.17, 15) is 4.79 Å². The third kappa shape index (κ3) is 3.15. The van der Waals surface area contributed by atoms with Gasteiger partial charge in [0.2, 0.25) is 0 Å². The topological polar surface area (TPSA) is 55.6 Å². The highest BCUT2D eigenvalue weighted by atomic mass is 16.5. The summed E-state index contributed by atoms with van der Waals surface area (Å²) in [5.41, 5.74) is 7.74. The molecule has 0 radical (unpaired) electrons. The lowest BCUT2D eigenvalue weighted by atomic mass is 10.0. The van der Waals surface area contributed by atoms with Gasteiger partial charge in [0.05, 0.1) is 20.1 Å². The molecule has 0 unspecified atom stereocenters. The van der Waals surface area contributed by atoms with E-state index in [4.69, 9.17) is 16.9 Å². The molecule has 22 heavy (non-hydrogen) atoms. The molecule has 2 aromatic rings. The Balaban J connectivity index is 2.47. The van der Waals surface area contributed by atoms with Crippen molar-refractivity contribution in [3.63, 3.8) is 0 Å². The zero-order chi connectivity index (χ0) is 16.1. The van der Waals surface area contributed by atoms with Crippen molar-refractivity contribution in [2.24, 2.45) is 0 Å². The third-order valence-electron chi connectivity index (χ3n) is 3.73. The number of carbonyl (C=O) groups is 1. The van der Waals surface area contributed by atoms with Crippen molar-refractivity contribution in [1.82, 2.24) is 0 Å². The van der Waals surface area contributed by atoms with Crippen LogP contribution in [-0.2, 0) is 9.53 Å². The van der Waals surface area contributed by atoms with Crippen LogP contribution in [0.25, 0.3) is 10.8 Å². The summed E-state index contributed by atoms with van der Waals surface area (Å²) in [6, 6.07) is 11.6. The summed E-state index contributed by atoms with van der Waals surface area (Å²) in [6.07, 6.45) is 5.78. The number of esters is 1. The van der Waals surface area contributed by atoms with E-state index in [1.807, 2.05) is 48.2 Å². The van der Waals surface area contributed by atoms with E-state index in [-0.39, 0.29) is 18.4 Å². The number of hydrogen-bond acceptors (Lipinski definition) is 4. The number of nitrogens with two attached hydrogens (primary N) is 1. The van der Waals surface area contributed by atoms with Gasteiger partial charge in [-0.15, -0.1) is 6.42 Å². The van der Waals surface area contributed by atoms with Gasteiger partial charge in [-0.25, -0.2) is 0 Å². The van der Waals surface area contributed by atoms with Crippen molar-refractivity contribution >= 4 is 28.1 Å². The van der Waals surface area contributed by atoms with Crippen molar-refractivity contribution in [3.05, 3.63) is 36.4 Å². The fourth-order valence-corrected chi connectivity index (χ4v) is 2.57. The van der Waals surface area contributed by atoms with Crippen LogP contribution in [-0.4, -0.2) is 25.7 Å². The molecule has 0 spiro atoms. The lowest BCUT2D eigenvalue weighted by Gasteiger charge is -2.30. The zero-order valence-electron chi connectivity index (χ0n) is 12.9. The van der Waals surface area contributed by atoms with E-state index >= 15 is 0 Å². The number of benzene rings is 2. The fraction of sp³-hybridized carbons (Fsp3) is 0.278. The Morgan fingerprint density at radius 1 is 1.32 bits per heavy atom. The second-order valence-corrected chi connectivity index (χ2v) is 5.18. The SMILES string of the molecule is C#CCN(c1ccc(N)c2ccccc12)[C@@H](C)CC(=O)OC. The molecule has 0 heterocycles. The van der Waals surface area contributed by atoms with Gasteiger partial charge in [0.15, 0.2) is 0 Å². The number of ether oxygens (including phenoxy) is 1. The number of carbonyl (C=O) groups excluding carboxylic acids is 1. The number of hydrogen-bond donors (Lipinski definition) is 1. The highest BCUT2D eigenvalue weighted by Crippen LogP contribution is 2.32. The Morgan fingerprint density at radius 3 is 2.64 bits per heavy atom. The number of anilines is 2. The van der Waals surface area contributed by atoms with Crippen LogP contribution in [0.4, 0.5) is 11.4 Å². The van der Waals surface area contributed by atoms with Crippen LogP contribution in [0.15, 0.2) is 36.4 Å². The van der Waals surface area contributed by atoms with Crippen molar-refractivity contribution in [3.8, 4) is 12.3 Å². The van der Waals surface area contributed by atoms with Crippen LogP contribution in [0.2, 0.25) is 0 Å². The van der Waals surface area contributed by atoms with Gasteiger partial charge >= 0.3 is 5.97 Å². The minimum Gasteiger partial charge on any atom is -0.469 e. The molecule has 0 aliphatic carbocycles. The van der Waals surface area contributed by atoms with E-state index in [0.717, 1.165) is 22.1 Å². The number of fused-ring (bicyclic) bond motifs is 1. The van der Waals surface area contributed by atoms with E-state index < -0.39 is 0 Å². The first kappa shape index (κ1) is 15.7. The molecule has 1 atom stereocenters. The second-order valence-electron chi connectivity index (χ2n) is 5.18. The quantitative estimate of drug-likeness (QED) is 0.524. The number of rotatable bonds is 5. The molecular weight excluding hydrogens is 276 g/mol. The summed E-state index contributed by atoms with van der Waals surface area (Å²) in [5, 5.41) is 2.00. The van der Waals surface area contributed by atoms with Gasteiger partial charge < -0.3 is 15.4 Å². The molecule has 0 aliphatic heterocycles. The molecule has 0 fully saturated rings. The van der Waals surface area contributed by atoms with Crippen LogP contribution in [0.3, 0.4) is 0 Å². The number of nitrogen functional groups attached to an aromatic ring is 1. The fourth-order valence-electron chi connectivity index (χ4n) is 2.57. The molecule has 4 nitrogen and oxygen atoms in total. The van der Waals surface area contributed by atoms with Gasteiger partial charge in [-0.1, -0.05) is 30.2 Å². The Labute approximate surface area is 130 Å². The van der Waals surface area contributed by atoms with Crippen molar-refractivity contribution in [2.75, 3.05) is 24.3 Å². The predicted molar refractivity (Wildman–Crippen MR) is 90.6 cm³/mol. The lowest BCUT2D eigenvalue weighted by molar-refractivity contribution is -0.140. The smallest absolute Gasteiger partial charge is 0.307 e. The third-order valence-corrected chi connectivity index (χ3v) is 3.73. The number of terminal acetylenes is 1. The summed E-state index contributed by atoms with van der Waals surface area (Å²) >= 11 is 0. The molecule has 114 valence electrons. The van der Waals surface area contributed by atoms with Gasteiger partial charge in [0.1, 0.15) is 0 Å². The van der Waals surface area contributed by atoms with Crippen molar-refractivity contribution in [2.45, 2.75) is 19.4 Å². The molecule has 0 amide bonds. The molecule has 0 saturated carbocycles. The van der Waals surface area contributed by atoms with Crippen LogP contribution in [0.5, 0.6) is 0 Å². The summed E-state index contributed by atoms with van der Waals surface area (Å²) in [7, 11) is 1.39. The minimum atomic E-state index is -0.255. The second kappa shape index (κ2) is 6.86. The maximum atomic E-state index is 11.6. The Kier molecular flexibility index (Phi) is 4.90. The Hall–Kier alpha value is -2.67. The predicted octanol–water partition coefficient (Wildman–Crippen LogP) is 2.81. The van der Waals surface area contributed by atoms with Gasteiger partial charge in [-0.2, -0.15) is 0 Å². The minimum absolute atomic E-state index is 0.0736. The molecule has 2 N–H and O–H groups in total. The summed E-state index contributed by atoms with van der Waals surface area (Å²) in [6.45, 7) is 2.37. The van der Waals surface area contributed by atoms with Gasteiger partial charge in [0.25, 0.3) is 0 Å². The van der Waals surface area contributed by atoms with E-state index in [1.165, 1.54) is 7.11 Å². The van der Waals surface area contributed by atoms with Crippen LogP contribution < -0.4 is 10.6 Å². The summed E-state index contributed by atoms with van der Waals surface area (Å²) in [5.74, 6) is 2.41. The van der Waals surface area contributed by atoms with Gasteiger partial charge in [0, 0.05) is 28.2 Å². The van der Waals surface area contributed by atoms with Crippen LogP contribution in [0.1, 0.15) is 13.3 Å². The lowest BCUT2D eigenvalue weighted by Crippen LogP contribution is -2.35. The average molecular weight is 296 g/mol. The summed E-state index contributed by atoms with van der Waals surface area (Å²) in [4.78, 5) is 13.6. The van der Waals surface area contributed by atoms with Gasteiger partial charge in [-0.05, 0) is 19.1 Å². The molecule has 0 saturated heterocycles. The molecule has 4 heteroatoms. The molecule has 0 bridgehead atoms. The molecule has 2 rings (SSSR count). The molecule has 2 aromatic carbocycles. The Morgan fingerprint density at radius 2 is 2.00 bits per heavy atom. The van der Waals surface area contributed by atoms with Crippen LogP contribution in [0, 0.1) is 12.3 Å². The van der Waals surface area contributed by atoms with E-state index in [2.05, 4.69) is 5.92 Å². The maximum absolute atomic E-state index is 11.6. The highest BCUT2D eigenvalue weighted by molar-refractivity contribution is 6.01. The molecular formula is C18H20N2O2. The van der Waals surface area contributed by atoms with Crippen molar-refractivity contribution in [1.29, 1.82) is 0 Å². The average Bonchev–Trinajstić information content (AvgIpc) is 2.53. The Bertz CT molecular complexity index is 719. The van der Waals surface area contributed by atoms with Gasteiger partial charge in [-0.3, -0.25) is 4.79 Å². The van der Waals surface area contributed by atoms with Crippen LogP contribution >= 0.6 is 0 Å². The first-order valence-corrected chi connectivity index (χ1v) is 7.12. The standard InChI is InChI=1S/C18H20N2O2/c1-4-11-20(13(2)12-18(21)22-3)17-10-9-16(19)14-7-5-6-8-15(14)17/h1,5-10,13H,11-12,19H2,2-3H3/t13-/m0/s1. The van der Waals surface area contributed by atoms with E-state index in [1.54, 1.807) is 0 Å². The largest absolute Gasteiger partial charge is 0.469 e. The number of methoxy groups -OCH3 is 1.